The Morgan fingerprint density at radius 2 is 1.00 bits per heavy atom. The lowest BCUT2D eigenvalue weighted by atomic mass is 9.98. The van der Waals surface area contributed by atoms with Gasteiger partial charge in [-0.15, -0.1) is 0 Å². The van der Waals surface area contributed by atoms with E-state index in [2.05, 4.69) is 29.4 Å². The normalized spacial score (nSPS) is 9.50. The molecule has 0 spiro atoms. The van der Waals surface area contributed by atoms with Crippen molar-refractivity contribution in [3.05, 3.63) is 37.9 Å². The van der Waals surface area contributed by atoms with E-state index >= 15 is 0 Å². The summed E-state index contributed by atoms with van der Waals surface area (Å²) in [5, 5.41) is 0. The highest BCUT2D eigenvalue weighted by Crippen LogP contribution is 2.40. The van der Waals surface area contributed by atoms with Gasteiger partial charge in [0.15, 0.2) is 0 Å². The maximum atomic E-state index is 13.3. The molecular weight excluding hydrogens is 414 g/mol. The van der Waals surface area contributed by atoms with Crippen molar-refractivity contribution in [3.8, 4) is 0 Å². The van der Waals surface area contributed by atoms with E-state index in [1.165, 1.54) is 20.8 Å². The molecule has 12 heteroatoms. The van der Waals surface area contributed by atoms with Gasteiger partial charge in [-0.05, 0) is 51.0 Å². The van der Waals surface area contributed by atoms with Crippen molar-refractivity contribution in [2.75, 3.05) is 13.3 Å². The molecule has 0 radical (unpaired) electrons. The lowest BCUT2D eigenvalue weighted by Gasteiger charge is -2.30. The van der Waals surface area contributed by atoms with Gasteiger partial charge in [0.05, 0.1) is 13.3 Å². The Labute approximate surface area is 158 Å². The van der Waals surface area contributed by atoms with Crippen molar-refractivity contribution in [2.24, 2.45) is 0 Å². The van der Waals surface area contributed by atoms with Crippen LogP contribution < -0.4 is 0 Å². The largest absolute Gasteiger partial charge is 0.434 e. The van der Waals surface area contributed by atoms with Crippen molar-refractivity contribution >= 4 is 0 Å². The molecule has 0 saturated carbocycles. The topological polar surface area (TPSA) is 18.5 Å². The third kappa shape index (κ3) is 35.4. The minimum atomic E-state index is -4.16. The summed E-state index contributed by atoms with van der Waals surface area (Å²) in [5.74, 6) is 0. The predicted octanol–water partition coefficient (Wildman–Crippen LogP) is 8.24. The summed E-state index contributed by atoms with van der Waals surface area (Å²) in [6.07, 6.45) is -8.74. The Morgan fingerprint density at radius 1 is 0.786 bits per heavy atom. The van der Waals surface area contributed by atoms with Crippen LogP contribution in [0.4, 0.5) is 44.0 Å². The van der Waals surface area contributed by atoms with Crippen LogP contribution in [-0.4, -0.2) is 25.1 Å². The van der Waals surface area contributed by atoms with E-state index in [1.54, 1.807) is 6.92 Å². The molecule has 0 rings (SSSR count). The first-order valence-corrected chi connectivity index (χ1v) is 7.48. The molecule has 28 heavy (non-hydrogen) atoms. The zero-order chi connectivity index (χ0) is 24.0. The molecule has 0 saturated heterocycles. The maximum absolute atomic E-state index is 13.3. The summed E-state index contributed by atoms with van der Waals surface area (Å²) in [5.41, 5.74) is -2.85. The molecule has 2 nitrogen and oxygen atoms in total. The van der Waals surface area contributed by atoms with Crippen molar-refractivity contribution in [3.63, 3.8) is 0 Å². The molecule has 0 aromatic rings. The first kappa shape index (κ1) is 37.1. The number of hydrogen-bond donors (Lipinski definition) is 0. The summed E-state index contributed by atoms with van der Waals surface area (Å²) < 4.78 is 115. The van der Waals surface area contributed by atoms with Crippen molar-refractivity contribution in [1.29, 1.82) is 0 Å². The van der Waals surface area contributed by atoms with E-state index in [0.717, 1.165) is 0 Å². The summed E-state index contributed by atoms with van der Waals surface area (Å²) in [4.78, 5) is 3.04. The molecule has 0 N–H and O–H groups in total. The van der Waals surface area contributed by atoms with Gasteiger partial charge in [0.1, 0.15) is 0 Å². The van der Waals surface area contributed by atoms with Crippen LogP contribution >= 0.6 is 0 Å². The fraction of sp³-hybridized carbons (Fsp3) is 0.625. The second-order valence-electron chi connectivity index (χ2n) is 3.99. The van der Waals surface area contributed by atoms with E-state index in [-0.39, 0.29) is 13.3 Å². The third-order valence-electron chi connectivity index (χ3n) is 1.99. The van der Waals surface area contributed by atoms with Crippen LogP contribution in [0, 0.1) is 0 Å². The Kier molecular flexibility index (Phi) is 30.9. The number of ether oxygens (including phenoxy) is 1. The summed E-state index contributed by atoms with van der Waals surface area (Å²) >= 11 is 0. The van der Waals surface area contributed by atoms with Crippen LogP contribution in [-0.2, 0) is 9.68 Å². The SMILES string of the molecule is C=C(F)F.C=C(F)F.C=C(F)OC(F)(F)C(F)(CC)CC.CCF.CCOF. The van der Waals surface area contributed by atoms with Gasteiger partial charge in [-0.2, -0.15) is 35.7 Å². The predicted molar refractivity (Wildman–Crippen MR) is 87.8 cm³/mol. The molecule has 0 unspecified atom stereocenters. The number of rotatable bonds is 6. The fourth-order valence-corrected chi connectivity index (χ4v) is 0.892. The molecule has 0 amide bonds. The van der Waals surface area contributed by atoms with Crippen LogP contribution in [0.1, 0.15) is 40.5 Å². The zero-order valence-electron chi connectivity index (χ0n) is 16.0. The smallest absolute Gasteiger partial charge is 0.404 e. The quantitative estimate of drug-likeness (QED) is 0.306. The summed E-state index contributed by atoms with van der Waals surface area (Å²) in [6.45, 7) is 12.4. The van der Waals surface area contributed by atoms with Gasteiger partial charge in [-0.1, -0.05) is 13.8 Å². The molecule has 0 aliphatic rings. The molecule has 0 fully saturated rings. The minimum Gasteiger partial charge on any atom is -0.404 e. The van der Waals surface area contributed by atoms with Gasteiger partial charge >= 0.3 is 6.11 Å². The molecule has 0 aromatic carbocycles. The highest BCUT2D eigenvalue weighted by Gasteiger charge is 2.55. The Hall–Kier alpha value is -1.72. The number of halogens is 10. The number of alkyl halides is 4. The highest BCUT2D eigenvalue weighted by atomic mass is 19.3. The van der Waals surface area contributed by atoms with E-state index in [9.17, 15) is 44.0 Å². The monoisotopic (exact) mass is 440 g/mol. The third-order valence-corrected chi connectivity index (χ3v) is 1.99. The van der Waals surface area contributed by atoms with Gasteiger partial charge < -0.3 is 4.74 Å². The molecule has 172 valence electrons. The van der Waals surface area contributed by atoms with Crippen LogP contribution in [0.25, 0.3) is 0 Å². The van der Waals surface area contributed by atoms with E-state index in [1.807, 2.05) is 0 Å². The van der Waals surface area contributed by atoms with E-state index < -0.39 is 42.8 Å². The Balaban J connectivity index is -0.0000000962. The lowest BCUT2D eigenvalue weighted by molar-refractivity contribution is -0.301. The van der Waals surface area contributed by atoms with E-state index in [0.29, 0.717) is 0 Å². The van der Waals surface area contributed by atoms with Crippen LogP contribution in [0.2, 0.25) is 0 Å². The minimum absolute atomic E-state index is 0.153. The maximum Gasteiger partial charge on any atom is 0.434 e. The van der Waals surface area contributed by atoms with E-state index in [4.69, 9.17) is 0 Å². The standard InChI is InChI=1S/C8H12F4O.2C2H2F2.C2H5FO.C2H5F/c1-4-7(10,5-2)8(11,12)13-6(3)9;2*1-2(3)4;1-2-4-3;1-2-3/h3-5H2,1-2H3;2*1H2;2H2,1H3;2H2,1H3. The summed E-state index contributed by atoms with van der Waals surface area (Å²) in [6, 6.07) is -1.69. The second-order valence-corrected chi connectivity index (χ2v) is 3.99. The van der Waals surface area contributed by atoms with Crippen molar-refractivity contribution in [2.45, 2.75) is 52.3 Å². The summed E-state index contributed by atoms with van der Waals surface area (Å²) in [7, 11) is 0. The van der Waals surface area contributed by atoms with Gasteiger partial charge in [0.25, 0.3) is 18.2 Å². The highest BCUT2D eigenvalue weighted by molar-refractivity contribution is 4.87. The zero-order valence-corrected chi connectivity index (χ0v) is 16.0. The Bertz CT molecular complexity index is 364. The molecule has 0 heterocycles. The van der Waals surface area contributed by atoms with Gasteiger partial charge in [0.2, 0.25) is 5.67 Å². The number of hydrogen-bond acceptors (Lipinski definition) is 2. The van der Waals surface area contributed by atoms with Crippen molar-refractivity contribution < 1.29 is 53.7 Å². The van der Waals surface area contributed by atoms with Crippen molar-refractivity contribution in [1.82, 2.24) is 0 Å². The average molecular weight is 440 g/mol. The fourth-order valence-electron chi connectivity index (χ4n) is 0.892. The molecule has 0 aromatic heterocycles. The van der Waals surface area contributed by atoms with Gasteiger partial charge in [0, 0.05) is 0 Å². The first-order chi connectivity index (χ1) is 12.6. The molecule has 0 aliphatic carbocycles. The molecule has 0 bridgehead atoms. The van der Waals surface area contributed by atoms with Gasteiger partial charge in [-0.3, -0.25) is 4.39 Å². The average Bonchev–Trinajstić information content (AvgIpc) is 2.52. The molecule has 0 aliphatic heterocycles. The first-order valence-electron chi connectivity index (χ1n) is 7.48. The van der Waals surface area contributed by atoms with Crippen LogP contribution in [0.15, 0.2) is 37.9 Å². The van der Waals surface area contributed by atoms with Gasteiger partial charge in [-0.25, -0.2) is 4.39 Å². The molecular formula is C16H26F10O2. The van der Waals surface area contributed by atoms with Crippen LogP contribution in [0.3, 0.4) is 0 Å². The molecule has 0 atom stereocenters. The van der Waals surface area contributed by atoms with Crippen LogP contribution in [0.5, 0.6) is 0 Å². The lowest BCUT2D eigenvalue weighted by Crippen LogP contribution is -2.44. The second kappa shape index (κ2) is 23.3. The Morgan fingerprint density at radius 3 is 1.11 bits per heavy atom.